The largest absolute Gasteiger partial charge is 0.433 e. The molecule has 1 aliphatic rings. The third-order valence-corrected chi connectivity index (χ3v) is 7.64. The fraction of sp³-hybridized carbons (Fsp3) is 0.345. The second-order valence-corrected chi connectivity index (χ2v) is 11.0. The van der Waals surface area contributed by atoms with E-state index in [9.17, 15) is 22.8 Å². The molecule has 0 bridgehead atoms. The summed E-state index contributed by atoms with van der Waals surface area (Å²) in [6.07, 6.45) is -3.22. The number of benzene rings is 1. The van der Waals surface area contributed by atoms with Crippen LogP contribution in [0.5, 0.6) is 0 Å². The molecule has 0 spiro atoms. The second-order valence-electron chi connectivity index (χ2n) is 10.1. The number of amides is 2. The second kappa shape index (κ2) is 12.8. The monoisotopic (exact) mass is 659 g/mol. The molecule has 2 N–H and O–H groups in total. The Morgan fingerprint density at radius 2 is 1.84 bits per heavy atom. The van der Waals surface area contributed by atoms with Gasteiger partial charge in [-0.2, -0.15) is 18.3 Å². The molecule has 0 atom stereocenters. The zero-order valence-electron chi connectivity index (χ0n) is 23.5. The Labute approximate surface area is 253 Å². The van der Waals surface area contributed by atoms with Crippen LogP contribution >= 0.6 is 15.9 Å². The van der Waals surface area contributed by atoms with Crippen LogP contribution in [-0.4, -0.2) is 75.9 Å². The summed E-state index contributed by atoms with van der Waals surface area (Å²) in [7, 11) is 0. The molecule has 0 saturated carbocycles. The minimum Gasteiger partial charge on any atom is -0.379 e. The van der Waals surface area contributed by atoms with Crippen LogP contribution in [0.1, 0.15) is 43.5 Å². The molecule has 10 nitrogen and oxygen atoms in total. The molecular weight excluding hydrogens is 631 g/mol. The van der Waals surface area contributed by atoms with Gasteiger partial charge in [-0.15, -0.1) is 0 Å². The number of carbonyl (C=O) groups is 2. The van der Waals surface area contributed by atoms with E-state index in [1.807, 2.05) is 0 Å². The van der Waals surface area contributed by atoms with E-state index in [4.69, 9.17) is 4.74 Å². The number of hydrogen-bond acceptors (Lipinski definition) is 7. The van der Waals surface area contributed by atoms with Gasteiger partial charge in [0.1, 0.15) is 5.69 Å². The SMILES string of the molecule is Cc1nn(Cc2ccc(C(=O)NCCN3CCOCC3)cn2)c(C)c1NC(=O)c1cc(C(F)(F)F)nc2ccc(Br)cc12. The summed E-state index contributed by atoms with van der Waals surface area (Å²) in [5.41, 5.74) is 1.26. The van der Waals surface area contributed by atoms with E-state index in [1.165, 1.54) is 12.3 Å². The highest BCUT2D eigenvalue weighted by atomic mass is 79.9. The maximum absolute atomic E-state index is 13.5. The smallest absolute Gasteiger partial charge is 0.379 e. The Kier molecular flexibility index (Phi) is 9.08. The predicted molar refractivity (Wildman–Crippen MR) is 157 cm³/mol. The highest BCUT2D eigenvalue weighted by molar-refractivity contribution is 9.10. The van der Waals surface area contributed by atoms with Gasteiger partial charge in [-0.05, 0) is 50.2 Å². The first-order valence-electron chi connectivity index (χ1n) is 13.6. The van der Waals surface area contributed by atoms with Crippen molar-refractivity contribution < 1.29 is 27.5 Å². The molecule has 1 aromatic carbocycles. The highest BCUT2D eigenvalue weighted by Gasteiger charge is 2.34. The molecule has 226 valence electrons. The van der Waals surface area contributed by atoms with Gasteiger partial charge in [0.15, 0.2) is 0 Å². The van der Waals surface area contributed by atoms with Gasteiger partial charge in [-0.25, -0.2) is 4.98 Å². The van der Waals surface area contributed by atoms with Crippen LogP contribution in [0.15, 0.2) is 47.1 Å². The molecule has 0 aliphatic carbocycles. The van der Waals surface area contributed by atoms with Crippen molar-refractivity contribution in [1.29, 1.82) is 0 Å². The topological polar surface area (TPSA) is 114 Å². The number of hydrogen-bond donors (Lipinski definition) is 2. The maximum atomic E-state index is 13.5. The third-order valence-electron chi connectivity index (χ3n) is 7.14. The minimum absolute atomic E-state index is 0.0487. The molecule has 0 unspecified atom stereocenters. The molecule has 3 aromatic heterocycles. The molecule has 14 heteroatoms. The fourth-order valence-electron chi connectivity index (χ4n) is 4.80. The summed E-state index contributed by atoms with van der Waals surface area (Å²) < 4.78 is 48.2. The standard InChI is InChI=1S/C29H29BrF3N7O3/c1-17-26(37-28(42)23-14-25(29(31,32)33)36-24-6-4-20(30)13-22(23)24)18(2)40(38-17)16-21-5-3-19(15-35-21)27(41)34-7-8-39-9-11-43-12-10-39/h3-6,13-15H,7-12,16H2,1-2H3,(H,34,41)(H,37,42). The Bertz CT molecular complexity index is 1650. The molecule has 1 fully saturated rings. The van der Waals surface area contributed by atoms with E-state index in [-0.39, 0.29) is 28.9 Å². The summed E-state index contributed by atoms with van der Waals surface area (Å²) in [6.45, 7) is 8.05. The number of pyridine rings is 2. The number of halogens is 4. The minimum atomic E-state index is -4.72. The number of rotatable bonds is 8. The van der Waals surface area contributed by atoms with E-state index in [2.05, 4.69) is 46.5 Å². The van der Waals surface area contributed by atoms with Crippen molar-refractivity contribution in [2.75, 3.05) is 44.7 Å². The fourth-order valence-corrected chi connectivity index (χ4v) is 5.16. The highest BCUT2D eigenvalue weighted by Crippen LogP contribution is 2.32. The van der Waals surface area contributed by atoms with Crippen molar-refractivity contribution in [3.63, 3.8) is 0 Å². The predicted octanol–water partition coefficient (Wildman–Crippen LogP) is 4.59. The summed E-state index contributed by atoms with van der Waals surface area (Å²) in [6, 6.07) is 8.71. The molecule has 1 saturated heterocycles. The van der Waals surface area contributed by atoms with Crippen LogP contribution in [0, 0.1) is 13.8 Å². The molecule has 2 amide bonds. The summed E-state index contributed by atoms with van der Waals surface area (Å²) in [4.78, 5) is 36.2. The number of aryl methyl sites for hydroxylation is 1. The first-order chi connectivity index (χ1) is 20.5. The van der Waals surface area contributed by atoms with Crippen LogP contribution in [0.25, 0.3) is 10.9 Å². The van der Waals surface area contributed by atoms with Crippen LogP contribution in [0.3, 0.4) is 0 Å². The molecule has 43 heavy (non-hydrogen) atoms. The Hall–Kier alpha value is -3.88. The number of nitrogens with one attached hydrogen (secondary N) is 2. The summed E-state index contributed by atoms with van der Waals surface area (Å²) >= 11 is 3.31. The lowest BCUT2D eigenvalue weighted by Gasteiger charge is -2.26. The Balaban J connectivity index is 1.27. The average molecular weight is 660 g/mol. The van der Waals surface area contributed by atoms with Gasteiger partial charge < -0.3 is 15.4 Å². The van der Waals surface area contributed by atoms with Crippen molar-refractivity contribution in [3.05, 3.63) is 81.0 Å². The normalized spacial score (nSPS) is 14.2. The molecular formula is C29H29BrF3N7O3. The average Bonchev–Trinajstić information content (AvgIpc) is 3.24. The van der Waals surface area contributed by atoms with Crippen molar-refractivity contribution in [1.82, 2.24) is 30.0 Å². The zero-order valence-corrected chi connectivity index (χ0v) is 25.0. The lowest BCUT2D eigenvalue weighted by Crippen LogP contribution is -2.41. The van der Waals surface area contributed by atoms with Crippen LogP contribution < -0.4 is 10.6 Å². The molecule has 1 aliphatic heterocycles. The van der Waals surface area contributed by atoms with Crippen molar-refractivity contribution in [2.45, 2.75) is 26.6 Å². The first-order valence-corrected chi connectivity index (χ1v) is 14.3. The van der Waals surface area contributed by atoms with Gasteiger partial charge in [0.2, 0.25) is 0 Å². The quantitative estimate of drug-likeness (QED) is 0.285. The summed E-state index contributed by atoms with van der Waals surface area (Å²) in [5.74, 6) is -0.934. The van der Waals surface area contributed by atoms with E-state index < -0.39 is 17.8 Å². The number of fused-ring (bicyclic) bond motifs is 1. The summed E-state index contributed by atoms with van der Waals surface area (Å²) in [5, 5.41) is 10.4. The van der Waals surface area contributed by atoms with E-state index in [0.717, 1.165) is 25.7 Å². The lowest BCUT2D eigenvalue weighted by molar-refractivity contribution is -0.141. The number of aromatic nitrogens is 4. The van der Waals surface area contributed by atoms with Crippen molar-refractivity contribution >= 4 is 44.3 Å². The van der Waals surface area contributed by atoms with Gasteiger partial charge in [0, 0.05) is 42.2 Å². The third kappa shape index (κ3) is 7.20. The number of ether oxygens (including phenoxy) is 1. The maximum Gasteiger partial charge on any atom is 0.433 e. The number of carbonyl (C=O) groups excluding carboxylic acids is 2. The Morgan fingerprint density at radius 1 is 1.07 bits per heavy atom. The van der Waals surface area contributed by atoms with Gasteiger partial charge in [0.25, 0.3) is 11.8 Å². The van der Waals surface area contributed by atoms with Gasteiger partial charge in [0.05, 0.1) is 59.2 Å². The lowest BCUT2D eigenvalue weighted by atomic mass is 10.1. The van der Waals surface area contributed by atoms with E-state index in [1.54, 1.807) is 42.8 Å². The Morgan fingerprint density at radius 3 is 2.53 bits per heavy atom. The number of morpholine rings is 1. The van der Waals surface area contributed by atoms with E-state index >= 15 is 0 Å². The number of nitrogens with zero attached hydrogens (tertiary/aromatic N) is 5. The van der Waals surface area contributed by atoms with Crippen LogP contribution in [0.4, 0.5) is 18.9 Å². The van der Waals surface area contributed by atoms with E-state index in [0.29, 0.717) is 52.6 Å². The van der Waals surface area contributed by atoms with Crippen molar-refractivity contribution in [3.8, 4) is 0 Å². The van der Waals surface area contributed by atoms with Crippen molar-refractivity contribution in [2.24, 2.45) is 0 Å². The molecule has 4 aromatic rings. The molecule has 4 heterocycles. The molecule has 5 rings (SSSR count). The van der Waals surface area contributed by atoms with Crippen LogP contribution in [0.2, 0.25) is 0 Å². The van der Waals surface area contributed by atoms with Gasteiger partial charge >= 0.3 is 6.18 Å². The zero-order chi connectivity index (χ0) is 30.7. The van der Waals surface area contributed by atoms with Gasteiger partial charge in [-0.3, -0.25) is 24.2 Å². The first kappa shape index (κ1) is 30.6. The molecule has 0 radical (unpaired) electrons. The van der Waals surface area contributed by atoms with Crippen LogP contribution in [-0.2, 0) is 17.5 Å². The number of alkyl halides is 3. The van der Waals surface area contributed by atoms with Gasteiger partial charge in [-0.1, -0.05) is 15.9 Å². The number of anilines is 1.